The van der Waals surface area contributed by atoms with Crippen molar-refractivity contribution in [1.82, 2.24) is 4.90 Å². The van der Waals surface area contributed by atoms with Crippen molar-refractivity contribution in [2.45, 2.75) is 19.0 Å². The Morgan fingerprint density at radius 1 is 1.37 bits per heavy atom. The lowest BCUT2D eigenvalue weighted by Crippen LogP contribution is -2.46. The summed E-state index contributed by atoms with van der Waals surface area (Å²) in [6.45, 7) is 3.71. The van der Waals surface area contributed by atoms with E-state index in [0.29, 0.717) is 13.2 Å². The average Bonchev–Trinajstić information content (AvgIpc) is 2.87. The first-order chi connectivity index (χ1) is 9.28. The molecule has 2 aliphatic rings. The zero-order chi connectivity index (χ0) is 13.2. The molecule has 4 nitrogen and oxygen atoms in total. The fourth-order valence-corrected chi connectivity index (χ4v) is 3.01. The van der Waals surface area contributed by atoms with Gasteiger partial charge >= 0.3 is 0 Å². The number of aliphatic hydroxyl groups is 1. The largest absolute Gasteiger partial charge is 0.493 e. The van der Waals surface area contributed by atoms with Crippen LogP contribution in [0.5, 0.6) is 5.75 Å². The molecule has 1 N–H and O–H groups in total. The predicted octanol–water partition coefficient (Wildman–Crippen LogP) is 1.47. The molecule has 0 amide bonds. The van der Waals surface area contributed by atoms with Crippen molar-refractivity contribution in [2.24, 2.45) is 0 Å². The number of halogens is 1. The molecule has 1 aromatic carbocycles. The van der Waals surface area contributed by atoms with Gasteiger partial charge in [0.15, 0.2) is 0 Å². The van der Waals surface area contributed by atoms with Crippen molar-refractivity contribution in [2.75, 3.05) is 33.0 Å². The Hall–Kier alpha value is -0.810. The van der Waals surface area contributed by atoms with Crippen molar-refractivity contribution in [1.29, 1.82) is 0 Å². The molecule has 0 aromatic heterocycles. The van der Waals surface area contributed by atoms with Gasteiger partial charge in [-0.3, -0.25) is 4.90 Å². The standard InChI is InChI=1S/C14H18ClNO3/c15-12-5-10-1-3-19-14(10)11(6-12)7-16-2-4-18-9-13(16)8-17/h5-6,13,17H,1-4,7-9H2. The highest BCUT2D eigenvalue weighted by Gasteiger charge is 2.25. The Kier molecular flexibility index (Phi) is 3.93. The third-order valence-corrected chi connectivity index (χ3v) is 3.98. The van der Waals surface area contributed by atoms with Crippen LogP contribution in [0.15, 0.2) is 12.1 Å². The first-order valence-corrected chi connectivity index (χ1v) is 7.02. The molecule has 19 heavy (non-hydrogen) atoms. The smallest absolute Gasteiger partial charge is 0.127 e. The lowest BCUT2D eigenvalue weighted by molar-refractivity contribution is -0.0314. The molecule has 2 heterocycles. The lowest BCUT2D eigenvalue weighted by atomic mass is 10.1. The molecule has 0 spiro atoms. The summed E-state index contributed by atoms with van der Waals surface area (Å²) in [6, 6.07) is 4.01. The number of hydrogen-bond donors (Lipinski definition) is 1. The quantitative estimate of drug-likeness (QED) is 0.912. The summed E-state index contributed by atoms with van der Waals surface area (Å²) in [7, 11) is 0. The molecule has 104 valence electrons. The van der Waals surface area contributed by atoms with Crippen molar-refractivity contribution < 1.29 is 14.6 Å². The van der Waals surface area contributed by atoms with Gasteiger partial charge in [0, 0.05) is 30.1 Å². The third kappa shape index (κ3) is 2.72. The van der Waals surface area contributed by atoms with Gasteiger partial charge in [-0.2, -0.15) is 0 Å². The van der Waals surface area contributed by atoms with E-state index in [0.717, 1.165) is 42.5 Å². The Morgan fingerprint density at radius 2 is 2.26 bits per heavy atom. The second-order valence-electron chi connectivity index (χ2n) is 5.03. The Balaban J connectivity index is 1.82. The minimum atomic E-state index is 0.0600. The molecular weight excluding hydrogens is 266 g/mol. The maximum Gasteiger partial charge on any atom is 0.127 e. The van der Waals surface area contributed by atoms with Crippen LogP contribution in [0.4, 0.5) is 0 Å². The molecule has 1 fully saturated rings. The molecule has 5 heteroatoms. The number of hydrogen-bond acceptors (Lipinski definition) is 4. The fraction of sp³-hybridized carbons (Fsp3) is 0.571. The molecule has 2 aliphatic heterocycles. The maximum absolute atomic E-state index is 9.41. The summed E-state index contributed by atoms with van der Waals surface area (Å²) in [6.07, 6.45) is 0.926. The Labute approximate surface area is 117 Å². The van der Waals surface area contributed by atoms with Gasteiger partial charge in [0.1, 0.15) is 5.75 Å². The normalized spacial score (nSPS) is 23.2. The van der Waals surface area contributed by atoms with E-state index in [2.05, 4.69) is 4.90 Å². The monoisotopic (exact) mass is 283 g/mol. The number of morpholine rings is 1. The molecule has 1 aromatic rings. The zero-order valence-electron chi connectivity index (χ0n) is 10.8. The minimum absolute atomic E-state index is 0.0600. The second-order valence-corrected chi connectivity index (χ2v) is 5.47. The van der Waals surface area contributed by atoms with E-state index in [1.54, 1.807) is 0 Å². The highest BCUT2D eigenvalue weighted by Crippen LogP contribution is 2.34. The van der Waals surface area contributed by atoms with E-state index in [9.17, 15) is 5.11 Å². The van der Waals surface area contributed by atoms with Gasteiger partial charge in [0.05, 0.1) is 32.5 Å². The molecule has 0 aliphatic carbocycles. The van der Waals surface area contributed by atoms with E-state index in [-0.39, 0.29) is 12.6 Å². The highest BCUT2D eigenvalue weighted by atomic mass is 35.5. The number of aliphatic hydroxyl groups excluding tert-OH is 1. The summed E-state index contributed by atoms with van der Waals surface area (Å²) < 4.78 is 11.1. The van der Waals surface area contributed by atoms with Crippen LogP contribution in [-0.4, -0.2) is 49.0 Å². The molecule has 1 saturated heterocycles. The van der Waals surface area contributed by atoms with Crippen LogP contribution in [0.3, 0.4) is 0 Å². The Bertz CT molecular complexity index is 466. The molecule has 0 saturated carbocycles. The van der Waals surface area contributed by atoms with E-state index in [1.165, 1.54) is 5.56 Å². The van der Waals surface area contributed by atoms with Crippen LogP contribution < -0.4 is 4.74 Å². The average molecular weight is 284 g/mol. The van der Waals surface area contributed by atoms with E-state index in [1.807, 2.05) is 12.1 Å². The zero-order valence-corrected chi connectivity index (χ0v) is 11.5. The van der Waals surface area contributed by atoms with Crippen LogP contribution >= 0.6 is 11.6 Å². The van der Waals surface area contributed by atoms with Crippen molar-refractivity contribution >= 4 is 11.6 Å². The van der Waals surface area contributed by atoms with Crippen LogP contribution in [-0.2, 0) is 17.7 Å². The van der Waals surface area contributed by atoms with Crippen LogP contribution in [0.2, 0.25) is 5.02 Å². The summed E-state index contributed by atoms with van der Waals surface area (Å²) in [5.74, 6) is 0.979. The second kappa shape index (κ2) is 5.67. The predicted molar refractivity (Wildman–Crippen MR) is 72.8 cm³/mol. The minimum Gasteiger partial charge on any atom is -0.493 e. The van der Waals surface area contributed by atoms with Crippen LogP contribution in [0, 0.1) is 0 Å². The highest BCUT2D eigenvalue weighted by molar-refractivity contribution is 6.30. The SMILES string of the molecule is OCC1COCCN1Cc1cc(Cl)cc2c1OCC2. The first-order valence-electron chi connectivity index (χ1n) is 6.64. The first kappa shape index (κ1) is 13.2. The molecule has 1 unspecified atom stereocenters. The number of benzene rings is 1. The van der Waals surface area contributed by atoms with Crippen molar-refractivity contribution in [3.8, 4) is 5.75 Å². The van der Waals surface area contributed by atoms with E-state index >= 15 is 0 Å². The molecule has 0 bridgehead atoms. The summed E-state index contributed by atoms with van der Waals surface area (Å²) in [4.78, 5) is 2.23. The number of rotatable bonds is 3. The molecule has 1 atom stereocenters. The summed E-state index contributed by atoms with van der Waals surface area (Å²) >= 11 is 6.17. The van der Waals surface area contributed by atoms with Crippen LogP contribution in [0.25, 0.3) is 0 Å². The topological polar surface area (TPSA) is 41.9 Å². The lowest BCUT2D eigenvalue weighted by Gasteiger charge is -2.34. The molecule has 0 radical (unpaired) electrons. The number of nitrogens with zero attached hydrogens (tertiary/aromatic N) is 1. The summed E-state index contributed by atoms with van der Waals surface area (Å²) in [5, 5.41) is 10.2. The van der Waals surface area contributed by atoms with Gasteiger partial charge in [0.2, 0.25) is 0 Å². The molecule has 3 rings (SSSR count). The van der Waals surface area contributed by atoms with E-state index < -0.39 is 0 Å². The Morgan fingerprint density at radius 3 is 3.11 bits per heavy atom. The van der Waals surface area contributed by atoms with Crippen molar-refractivity contribution in [3.05, 3.63) is 28.3 Å². The van der Waals surface area contributed by atoms with Gasteiger partial charge in [-0.1, -0.05) is 11.6 Å². The van der Waals surface area contributed by atoms with Gasteiger partial charge in [-0.15, -0.1) is 0 Å². The van der Waals surface area contributed by atoms with E-state index in [4.69, 9.17) is 21.1 Å². The molecular formula is C14H18ClNO3. The van der Waals surface area contributed by atoms with Gasteiger partial charge in [0.25, 0.3) is 0 Å². The fourth-order valence-electron chi connectivity index (χ4n) is 2.75. The van der Waals surface area contributed by atoms with Crippen LogP contribution in [0.1, 0.15) is 11.1 Å². The van der Waals surface area contributed by atoms with Gasteiger partial charge < -0.3 is 14.6 Å². The maximum atomic E-state index is 9.41. The third-order valence-electron chi connectivity index (χ3n) is 3.76. The number of ether oxygens (including phenoxy) is 2. The number of fused-ring (bicyclic) bond motifs is 1. The van der Waals surface area contributed by atoms with Gasteiger partial charge in [-0.25, -0.2) is 0 Å². The van der Waals surface area contributed by atoms with Crippen molar-refractivity contribution in [3.63, 3.8) is 0 Å². The van der Waals surface area contributed by atoms with Gasteiger partial charge in [-0.05, 0) is 17.7 Å². The summed E-state index contributed by atoms with van der Waals surface area (Å²) in [5.41, 5.74) is 2.30.